The van der Waals surface area contributed by atoms with E-state index >= 15 is 0 Å². The number of esters is 1. The lowest BCUT2D eigenvalue weighted by molar-refractivity contribution is -0.135. The zero-order chi connectivity index (χ0) is 22.7. The molecular formula is C24H28N2O5S. The van der Waals surface area contributed by atoms with Gasteiger partial charge in [0.25, 0.3) is 15.9 Å². The van der Waals surface area contributed by atoms with Gasteiger partial charge >= 0.3 is 5.97 Å². The third kappa shape index (κ3) is 4.50. The zero-order valence-electron chi connectivity index (χ0n) is 18.2. The Bertz CT molecular complexity index is 1110. The number of anilines is 1. The van der Waals surface area contributed by atoms with Crippen LogP contribution >= 0.6 is 0 Å². The quantitative estimate of drug-likeness (QED) is 0.622. The zero-order valence-corrected chi connectivity index (χ0v) is 19.0. The molecule has 8 heteroatoms. The van der Waals surface area contributed by atoms with Crippen LogP contribution in [0.4, 0.5) is 5.69 Å². The third-order valence-corrected chi connectivity index (χ3v) is 8.15. The summed E-state index contributed by atoms with van der Waals surface area (Å²) in [5, 5.41) is 0. The number of hydrogen-bond donors (Lipinski definition) is 0. The highest BCUT2D eigenvalue weighted by Crippen LogP contribution is 2.32. The molecule has 1 amide bonds. The van der Waals surface area contributed by atoms with Crippen LogP contribution < -0.4 is 4.31 Å². The number of amides is 1. The summed E-state index contributed by atoms with van der Waals surface area (Å²) in [6.07, 6.45) is 5.98. The minimum atomic E-state index is -3.82. The lowest BCUT2D eigenvalue weighted by Gasteiger charge is -2.31. The van der Waals surface area contributed by atoms with Crippen LogP contribution in [0.3, 0.4) is 0 Å². The highest BCUT2D eigenvalue weighted by molar-refractivity contribution is 7.92. The second-order valence-electron chi connectivity index (χ2n) is 8.36. The van der Waals surface area contributed by atoms with Gasteiger partial charge in [0.2, 0.25) is 0 Å². The first-order valence-electron chi connectivity index (χ1n) is 11.0. The summed E-state index contributed by atoms with van der Waals surface area (Å²) in [6, 6.07) is 13.4. The monoisotopic (exact) mass is 456 g/mol. The second kappa shape index (κ2) is 9.32. The molecular weight excluding hydrogens is 428 g/mol. The maximum absolute atomic E-state index is 13.2. The summed E-state index contributed by atoms with van der Waals surface area (Å²) < 4.78 is 33.0. The number of hydrogen-bond acceptors (Lipinski definition) is 5. The smallest absolute Gasteiger partial charge is 0.338 e. The fourth-order valence-electron chi connectivity index (χ4n) is 4.45. The van der Waals surface area contributed by atoms with E-state index in [4.69, 9.17) is 4.74 Å². The van der Waals surface area contributed by atoms with E-state index in [9.17, 15) is 18.0 Å². The van der Waals surface area contributed by atoms with Gasteiger partial charge in [0.1, 0.15) is 0 Å². The average Bonchev–Trinajstić information content (AvgIpc) is 3.27. The molecule has 0 saturated heterocycles. The molecule has 0 atom stereocenters. The number of carbonyl (C=O) groups is 2. The van der Waals surface area contributed by atoms with Gasteiger partial charge in [-0.3, -0.25) is 9.10 Å². The summed E-state index contributed by atoms with van der Waals surface area (Å²) in [4.78, 5) is 26.7. The van der Waals surface area contributed by atoms with Crippen molar-refractivity contribution in [3.63, 3.8) is 0 Å². The second-order valence-corrected chi connectivity index (χ2v) is 10.2. The van der Waals surface area contributed by atoms with Gasteiger partial charge < -0.3 is 9.64 Å². The molecule has 2 aromatic rings. The SMILES string of the molecule is CN(C(=O)COC(=O)c1cccc(S(=O)(=O)N2CCc3ccccc32)c1)C1CCCCC1. The van der Waals surface area contributed by atoms with E-state index in [1.807, 2.05) is 18.2 Å². The normalized spacial score (nSPS) is 16.5. The number of para-hydroxylation sites is 1. The van der Waals surface area contributed by atoms with E-state index in [1.54, 1.807) is 18.0 Å². The van der Waals surface area contributed by atoms with Crippen molar-refractivity contribution in [2.45, 2.75) is 49.5 Å². The van der Waals surface area contributed by atoms with Gasteiger partial charge in [-0.1, -0.05) is 43.5 Å². The van der Waals surface area contributed by atoms with Crippen LogP contribution in [-0.2, 0) is 26.0 Å². The first-order chi connectivity index (χ1) is 15.4. The number of likely N-dealkylation sites (N-methyl/N-ethyl adjacent to an activating group) is 1. The van der Waals surface area contributed by atoms with Crippen molar-refractivity contribution >= 4 is 27.6 Å². The molecule has 0 unspecified atom stereocenters. The van der Waals surface area contributed by atoms with E-state index in [-0.39, 0.29) is 29.0 Å². The molecule has 0 radical (unpaired) electrons. The standard InChI is InChI=1S/C24H28N2O5S/c1-25(20-10-3-2-4-11-20)23(27)17-31-24(28)19-9-7-12-21(16-19)32(29,30)26-15-14-18-8-5-6-13-22(18)26/h5-9,12-13,16,20H,2-4,10-11,14-15,17H2,1H3. The number of benzene rings is 2. The van der Waals surface area contributed by atoms with Crippen LogP contribution in [0.2, 0.25) is 0 Å². The highest BCUT2D eigenvalue weighted by atomic mass is 32.2. The van der Waals surface area contributed by atoms with Crippen molar-refractivity contribution in [2.75, 3.05) is 24.5 Å². The van der Waals surface area contributed by atoms with Gasteiger partial charge in [0.05, 0.1) is 16.1 Å². The molecule has 170 valence electrons. The molecule has 0 N–H and O–H groups in total. The number of sulfonamides is 1. The lowest BCUT2D eigenvalue weighted by Crippen LogP contribution is -2.40. The molecule has 0 spiro atoms. The fourth-order valence-corrected chi connectivity index (χ4v) is 6.00. The topological polar surface area (TPSA) is 84.0 Å². The number of nitrogens with zero attached hydrogens (tertiary/aromatic N) is 2. The van der Waals surface area contributed by atoms with E-state index in [2.05, 4.69) is 0 Å². The number of rotatable bonds is 6. The molecule has 1 aliphatic heterocycles. The molecule has 2 aromatic carbocycles. The van der Waals surface area contributed by atoms with Crippen molar-refractivity contribution < 1.29 is 22.7 Å². The van der Waals surface area contributed by atoms with Gasteiger partial charge in [-0.15, -0.1) is 0 Å². The Morgan fingerprint density at radius 2 is 1.81 bits per heavy atom. The maximum atomic E-state index is 13.2. The van der Waals surface area contributed by atoms with Gasteiger partial charge in [0, 0.05) is 19.6 Å². The molecule has 0 bridgehead atoms. The Morgan fingerprint density at radius 3 is 2.59 bits per heavy atom. The van der Waals surface area contributed by atoms with Crippen LogP contribution in [0.25, 0.3) is 0 Å². The molecule has 1 heterocycles. The maximum Gasteiger partial charge on any atom is 0.338 e. The molecule has 1 saturated carbocycles. The molecule has 32 heavy (non-hydrogen) atoms. The average molecular weight is 457 g/mol. The van der Waals surface area contributed by atoms with E-state index < -0.39 is 16.0 Å². The molecule has 1 fully saturated rings. The van der Waals surface area contributed by atoms with Crippen LogP contribution in [-0.4, -0.2) is 51.4 Å². The summed E-state index contributed by atoms with van der Waals surface area (Å²) in [6.45, 7) is 0.000663. The summed E-state index contributed by atoms with van der Waals surface area (Å²) in [5.74, 6) is -0.961. The van der Waals surface area contributed by atoms with Crippen molar-refractivity contribution in [1.82, 2.24) is 4.90 Å². The Hall–Kier alpha value is -2.87. The Labute approximate surface area is 189 Å². The van der Waals surface area contributed by atoms with E-state index in [1.165, 1.54) is 35.0 Å². The van der Waals surface area contributed by atoms with Gasteiger partial charge in [0.15, 0.2) is 6.61 Å². The molecule has 0 aromatic heterocycles. The van der Waals surface area contributed by atoms with Crippen molar-refractivity contribution in [3.8, 4) is 0 Å². The first-order valence-corrected chi connectivity index (χ1v) is 12.5. The molecule has 7 nitrogen and oxygen atoms in total. The highest BCUT2D eigenvalue weighted by Gasteiger charge is 2.31. The minimum Gasteiger partial charge on any atom is -0.452 e. The Balaban J connectivity index is 1.43. The van der Waals surface area contributed by atoms with Gasteiger partial charge in [-0.2, -0.15) is 0 Å². The predicted octanol–water partition coefficient (Wildman–Crippen LogP) is 3.39. The van der Waals surface area contributed by atoms with Crippen LogP contribution in [0.5, 0.6) is 0 Å². The minimum absolute atomic E-state index is 0.0225. The van der Waals surface area contributed by atoms with Crippen molar-refractivity contribution in [1.29, 1.82) is 0 Å². The molecule has 4 rings (SSSR count). The molecule has 1 aliphatic carbocycles. The number of ether oxygens (including phenoxy) is 1. The fraction of sp³-hybridized carbons (Fsp3) is 0.417. The first kappa shape index (κ1) is 22.3. The number of fused-ring (bicyclic) bond motifs is 1. The summed E-state index contributed by atoms with van der Waals surface area (Å²) in [7, 11) is -2.07. The van der Waals surface area contributed by atoms with Crippen LogP contribution in [0.1, 0.15) is 48.0 Å². The number of carbonyl (C=O) groups excluding carboxylic acids is 2. The van der Waals surface area contributed by atoms with E-state index in [0.29, 0.717) is 18.7 Å². The van der Waals surface area contributed by atoms with Crippen LogP contribution in [0, 0.1) is 0 Å². The summed E-state index contributed by atoms with van der Waals surface area (Å²) in [5.41, 5.74) is 1.75. The van der Waals surface area contributed by atoms with Gasteiger partial charge in [-0.25, -0.2) is 13.2 Å². The Morgan fingerprint density at radius 1 is 1.06 bits per heavy atom. The van der Waals surface area contributed by atoms with E-state index in [0.717, 1.165) is 31.2 Å². The predicted molar refractivity (Wildman–Crippen MR) is 121 cm³/mol. The van der Waals surface area contributed by atoms with Crippen LogP contribution in [0.15, 0.2) is 53.4 Å². The van der Waals surface area contributed by atoms with Crippen molar-refractivity contribution in [2.24, 2.45) is 0 Å². The molecule has 2 aliphatic rings. The van der Waals surface area contributed by atoms with Crippen molar-refractivity contribution in [3.05, 3.63) is 59.7 Å². The largest absolute Gasteiger partial charge is 0.452 e. The third-order valence-electron chi connectivity index (χ3n) is 6.34. The lowest BCUT2D eigenvalue weighted by atomic mass is 9.94. The summed E-state index contributed by atoms with van der Waals surface area (Å²) >= 11 is 0. The van der Waals surface area contributed by atoms with Gasteiger partial charge in [-0.05, 0) is 49.1 Å². The Kier molecular flexibility index (Phi) is 6.50.